The van der Waals surface area contributed by atoms with Gasteiger partial charge in [-0.15, -0.1) is 0 Å². The third kappa shape index (κ3) is 3.67. The van der Waals surface area contributed by atoms with Gasteiger partial charge in [0.05, 0.1) is 5.69 Å². The molecule has 2 N–H and O–H groups in total. The standard InChI is InChI=1S/C16H22N2O3/c1-11(8-12-4-6-20-7-5-12)17-13-2-3-14-15(9-13)21-10-16(19)18-14/h2-3,9,11-12,17H,4-8,10H2,1H3,(H,18,19)/t11-/m0/s1. The van der Waals surface area contributed by atoms with Crippen LogP contribution in [0.4, 0.5) is 11.4 Å². The third-order valence-corrected chi connectivity index (χ3v) is 4.06. The van der Waals surface area contributed by atoms with Crippen LogP contribution in [0.5, 0.6) is 5.75 Å². The Balaban J connectivity index is 1.58. The van der Waals surface area contributed by atoms with Gasteiger partial charge in [0.15, 0.2) is 6.61 Å². The zero-order valence-electron chi connectivity index (χ0n) is 12.4. The summed E-state index contributed by atoms with van der Waals surface area (Å²) in [5.41, 5.74) is 1.78. The maximum atomic E-state index is 11.2. The second-order valence-electron chi connectivity index (χ2n) is 5.88. The van der Waals surface area contributed by atoms with E-state index in [2.05, 4.69) is 17.6 Å². The lowest BCUT2D eigenvalue weighted by Crippen LogP contribution is -2.26. The van der Waals surface area contributed by atoms with Crippen molar-refractivity contribution in [3.63, 3.8) is 0 Å². The van der Waals surface area contributed by atoms with E-state index >= 15 is 0 Å². The largest absolute Gasteiger partial charge is 0.482 e. The van der Waals surface area contributed by atoms with Crippen LogP contribution in [-0.4, -0.2) is 31.8 Å². The summed E-state index contributed by atoms with van der Waals surface area (Å²) >= 11 is 0. The van der Waals surface area contributed by atoms with E-state index in [4.69, 9.17) is 9.47 Å². The molecular formula is C16H22N2O3. The first kappa shape index (κ1) is 14.2. The monoisotopic (exact) mass is 290 g/mol. The molecule has 0 aliphatic carbocycles. The van der Waals surface area contributed by atoms with Crippen LogP contribution in [0, 0.1) is 5.92 Å². The number of benzene rings is 1. The normalized spacial score (nSPS) is 20.1. The molecule has 1 aromatic rings. The fraction of sp³-hybridized carbons (Fsp3) is 0.562. The Labute approximate surface area is 125 Å². The molecule has 21 heavy (non-hydrogen) atoms. The minimum absolute atomic E-state index is 0.0914. The van der Waals surface area contributed by atoms with Crippen LogP contribution in [0.2, 0.25) is 0 Å². The predicted octanol–water partition coefficient (Wildman–Crippen LogP) is 2.63. The third-order valence-electron chi connectivity index (χ3n) is 4.06. The van der Waals surface area contributed by atoms with E-state index < -0.39 is 0 Å². The first-order valence-electron chi connectivity index (χ1n) is 7.61. The number of hydrogen-bond donors (Lipinski definition) is 2. The summed E-state index contributed by atoms with van der Waals surface area (Å²) in [7, 11) is 0. The van der Waals surface area contributed by atoms with Gasteiger partial charge in [0, 0.05) is 31.0 Å². The van der Waals surface area contributed by atoms with E-state index in [0.29, 0.717) is 6.04 Å². The Hall–Kier alpha value is -1.75. The number of carbonyl (C=O) groups is 1. The summed E-state index contributed by atoms with van der Waals surface area (Å²) in [6.45, 7) is 4.08. The van der Waals surface area contributed by atoms with E-state index in [0.717, 1.165) is 55.5 Å². The van der Waals surface area contributed by atoms with Crippen LogP contribution in [0.15, 0.2) is 18.2 Å². The van der Waals surface area contributed by atoms with Crippen LogP contribution in [0.25, 0.3) is 0 Å². The van der Waals surface area contributed by atoms with Crippen molar-refractivity contribution in [2.24, 2.45) is 5.92 Å². The minimum atomic E-state index is -0.101. The topological polar surface area (TPSA) is 59.6 Å². The summed E-state index contributed by atoms with van der Waals surface area (Å²) in [6, 6.07) is 6.23. The van der Waals surface area contributed by atoms with Gasteiger partial charge in [-0.1, -0.05) is 0 Å². The molecule has 5 heteroatoms. The number of anilines is 2. The number of carbonyl (C=O) groups excluding carboxylic acids is 1. The molecule has 0 aromatic heterocycles. The molecule has 1 saturated heterocycles. The summed E-state index contributed by atoms with van der Waals surface area (Å²) in [4.78, 5) is 11.2. The first-order chi connectivity index (χ1) is 10.2. The van der Waals surface area contributed by atoms with Crippen LogP contribution >= 0.6 is 0 Å². The molecule has 0 unspecified atom stereocenters. The molecule has 3 rings (SSSR count). The number of rotatable bonds is 4. The molecule has 2 aliphatic heterocycles. The van der Waals surface area contributed by atoms with Crippen molar-refractivity contribution >= 4 is 17.3 Å². The van der Waals surface area contributed by atoms with Gasteiger partial charge in [-0.05, 0) is 44.2 Å². The Morgan fingerprint density at radius 3 is 3.00 bits per heavy atom. The van der Waals surface area contributed by atoms with Gasteiger partial charge in [-0.25, -0.2) is 0 Å². The highest BCUT2D eigenvalue weighted by Gasteiger charge is 2.18. The SMILES string of the molecule is C[C@@H](CC1CCOCC1)Nc1ccc2c(c1)OCC(=O)N2. The molecule has 0 saturated carbocycles. The highest BCUT2D eigenvalue weighted by Crippen LogP contribution is 2.31. The summed E-state index contributed by atoms with van der Waals surface area (Å²) in [6.07, 6.45) is 3.47. The van der Waals surface area contributed by atoms with Crippen molar-refractivity contribution in [1.82, 2.24) is 0 Å². The van der Waals surface area contributed by atoms with Gasteiger partial charge >= 0.3 is 0 Å². The van der Waals surface area contributed by atoms with E-state index in [9.17, 15) is 4.79 Å². The molecular weight excluding hydrogens is 268 g/mol. The minimum Gasteiger partial charge on any atom is -0.482 e. The first-order valence-corrected chi connectivity index (χ1v) is 7.61. The van der Waals surface area contributed by atoms with Gasteiger partial charge in [-0.3, -0.25) is 4.79 Å². The van der Waals surface area contributed by atoms with Gasteiger partial charge in [0.25, 0.3) is 5.91 Å². The molecule has 1 aromatic carbocycles. The molecule has 0 spiro atoms. The average Bonchev–Trinajstić information content (AvgIpc) is 2.48. The van der Waals surface area contributed by atoms with Crippen LogP contribution in [0.1, 0.15) is 26.2 Å². The smallest absolute Gasteiger partial charge is 0.262 e. The Morgan fingerprint density at radius 2 is 2.19 bits per heavy atom. The van der Waals surface area contributed by atoms with Gasteiger partial charge in [-0.2, -0.15) is 0 Å². The quantitative estimate of drug-likeness (QED) is 0.895. The van der Waals surface area contributed by atoms with Crippen LogP contribution in [0.3, 0.4) is 0 Å². The van der Waals surface area contributed by atoms with Gasteiger partial charge < -0.3 is 20.1 Å². The van der Waals surface area contributed by atoms with Crippen molar-refractivity contribution in [3.8, 4) is 5.75 Å². The molecule has 0 radical (unpaired) electrons. The van der Waals surface area contributed by atoms with Gasteiger partial charge in [0.2, 0.25) is 0 Å². The van der Waals surface area contributed by atoms with Crippen LogP contribution < -0.4 is 15.4 Å². The molecule has 1 fully saturated rings. The lowest BCUT2D eigenvalue weighted by Gasteiger charge is -2.26. The maximum Gasteiger partial charge on any atom is 0.262 e. The molecule has 1 atom stereocenters. The Bertz CT molecular complexity index is 512. The van der Waals surface area contributed by atoms with E-state index in [1.165, 1.54) is 0 Å². The maximum absolute atomic E-state index is 11.2. The van der Waals surface area contributed by atoms with Gasteiger partial charge in [0.1, 0.15) is 5.75 Å². The Morgan fingerprint density at radius 1 is 1.38 bits per heavy atom. The summed E-state index contributed by atoms with van der Waals surface area (Å²) in [5, 5.41) is 6.32. The second kappa shape index (κ2) is 6.35. The summed E-state index contributed by atoms with van der Waals surface area (Å²) in [5.74, 6) is 1.38. The van der Waals surface area contributed by atoms with Crippen molar-refractivity contribution in [2.75, 3.05) is 30.5 Å². The number of ether oxygens (including phenoxy) is 2. The highest BCUT2D eigenvalue weighted by molar-refractivity contribution is 5.95. The zero-order chi connectivity index (χ0) is 14.7. The second-order valence-corrected chi connectivity index (χ2v) is 5.88. The van der Waals surface area contributed by atoms with Crippen molar-refractivity contribution in [1.29, 1.82) is 0 Å². The molecule has 114 valence electrons. The molecule has 5 nitrogen and oxygen atoms in total. The van der Waals surface area contributed by atoms with E-state index in [1.54, 1.807) is 0 Å². The Kier molecular flexibility index (Phi) is 4.29. The fourth-order valence-electron chi connectivity index (χ4n) is 2.99. The molecule has 1 amide bonds. The number of amides is 1. The van der Waals surface area contributed by atoms with E-state index in [-0.39, 0.29) is 12.5 Å². The molecule has 0 bridgehead atoms. The van der Waals surface area contributed by atoms with E-state index in [1.807, 2.05) is 18.2 Å². The van der Waals surface area contributed by atoms with Crippen molar-refractivity contribution < 1.29 is 14.3 Å². The predicted molar refractivity (Wildman–Crippen MR) is 81.8 cm³/mol. The van der Waals surface area contributed by atoms with Crippen LogP contribution in [-0.2, 0) is 9.53 Å². The lowest BCUT2D eigenvalue weighted by molar-refractivity contribution is -0.118. The lowest BCUT2D eigenvalue weighted by atomic mass is 9.93. The number of fused-ring (bicyclic) bond motifs is 1. The number of nitrogens with one attached hydrogen (secondary N) is 2. The molecule has 2 heterocycles. The van der Waals surface area contributed by atoms with Crippen molar-refractivity contribution in [2.45, 2.75) is 32.2 Å². The summed E-state index contributed by atoms with van der Waals surface area (Å²) < 4.78 is 10.8. The zero-order valence-corrected chi connectivity index (χ0v) is 12.4. The fourth-order valence-corrected chi connectivity index (χ4v) is 2.99. The van der Waals surface area contributed by atoms with Crippen molar-refractivity contribution in [3.05, 3.63) is 18.2 Å². The molecule has 2 aliphatic rings. The average molecular weight is 290 g/mol. The highest BCUT2D eigenvalue weighted by atomic mass is 16.5. The number of hydrogen-bond acceptors (Lipinski definition) is 4.